The lowest BCUT2D eigenvalue weighted by atomic mass is 10.0. The van der Waals surface area contributed by atoms with Crippen molar-refractivity contribution in [2.75, 3.05) is 24.2 Å². The Kier molecular flexibility index (Phi) is 8.55. The van der Waals surface area contributed by atoms with Gasteiger partial charge in [-0.1, -0.05) is 36.7 Å². The van der Waals surface area contributed by atoms with Gasteiger partial charge in [-0.3, -0.25) is 9.10 Å². The molecule has 0 aromatic heterocycles. The molecular formula is C22H29ClN2O4S. The molecule has 0 fully saturated rings. The minimum absolute atomic E-state index is 0.110. The maximum atomic E-state index is 12.5. The van der Waals surface area contributed by atoms with Crippen molar-refractivity contribution in [3.8, 4) is 5.75 Å². The predicted molar refractivity (Wildman–Crippen MR) is 122 cm³/mol. The topological polar surface area (TPSA) is 75.7 Å². The highest BCUT2D eigenvalue weighted by Gasteiger charge is 2.19. The molecule has 1 N–H and O–H groups in total. The predicted octanol–water partition coefficient (Wildman–Crippen LogP) is 4.47. The molecule has 2 rings (SSSR count). The van der Waals surface area contributed by atoms with E-state index in [9.17, 15) is 13.2 Å². The molecule has 1 amide bonds. The first-order valence-electron chi connectivity index (χ1n) is 9.83. The van der Waals surface area contributed by atoms with Gasteiger partial charge in [-0.2, -0.15) is 0 Å². The van der Waals surface area contributed by atoms with Crippen molar-refractivity contribution in [3.05, 3.63) is 58.6 Å². The highest BCUT2D eigenvalue weighted by Crippen LogP contribution is 2.25. The van der Waals surface area contributed by atoms with Gasteiger partial charge in [-0.25, -0.2) is 8.42 Å². The Labute approximate surface area is 184 Å². The molecule has 6 nitrogen and oxygen atoms in total. The van der Waals surface area contributed by atoms with E-state index in [-0.39, 0.29) is 24.9 Å². The number of aryl methyl sites for hydroxylation is 1. The summed E-state index contributed by atoms with van der Waals surface area (Å²) in [5.41, 5.74) is 2.51. The summed E-state index contributed by atoms with van der Waals surface area (Å²) in [6.45, 7) is 4.17. The second-order valence-electron chi connectivity index (χ2n) is 7.18. The van der Waals surface area contributed by atoms with Crippen molar-refractivity contribution in [2.24, 2.45) is 0 Å². The van der Waals surface area contributed by atoms with Crippen molar-refractivity contribution in [3.63, 3.8) is 0 Å². The average molecular weight is 453 g/mol. The zero-order valence-electron chi connectivity index (χ0n) is 17.8. The Morgan fingerprint density at radius 1 is 1.23 bits per heavy atom. The molecule has 0 saturated carbocycles. The van der Waals surface area contributed by atoms with Crippen molar-refractivity contribution in [1.29, 1.82) is 0 Å². The van der Waals surface area contributed by atoms with E-state index in [1.807, 2.05) is 32.0 Å². The van der Waals surface area contributed by atoms with Gasteiger partial charge in [0.2, 0.25) is 15.9 Å². The Morgan fingerprint density at radius 2 is 1.97 bits per heavy atom. The van der Waals surface area contributed by atoms with Gasteiger partial charge in [0.25, 0.3) is 0 Å². The number of carbonyl (C=O) groups is 1. The summed E-state index contributed by atoms with van der Waals surface area (Å²) in [5.74, 6) is 0.691. The van der Waals surface area contributed by atoms with Crippen LogP contribution in [0.25, 0.3) is 0 Å². The molecule has 2 aromatic carbocycles. The van der Waals surface area contributed by atoms with Gasteiger partial charge in [0.1, 0.15) is 5.75 Å². The fourth-order valence-electron chi connectivity index (χ4n) is 3.31. The molecule has 0 saturated heterocycles. The maximum Gasteiger partial charge on any atom is 0.232 e. The standard InChI is InChI=1S/C22H29ClN2O4S/c1-5-20(17-11-12-21(29-3)16(2)14-17)24-22(26)10-7-13-25(30(4,27)28)19-9-6-8-18(23)15-19/h6,8-9,11-12,14-15,20H,5,7,10,13H2,1-4H3,(H,24,26)/t20-/m0/s1. The lowest BCUT2D eigenvalue weighted by molar-refractivity contribution is -0.121. The average Bonchev–Trinajstić information content (AvgIpc) is 2.68. The summed E-state index contributed by atoms with van der Waals surface area (Å²) < 4.78 is 30.9. The summed E-state index contributed by atoms with van der Waals surface area (Å²) in [6, 6.07) is 12.4. The Bertz CT molecular complexity index is 979. The first-order valence-corrected chi connectivity index (χ1v) is 12.1. The Balaban J connectivity index is 1.99. The monoisotopic (exact) mass is 452 g/mol. The number of hydrogen-bond donors (Lipinski definition) is 1. The number of amides is 1. The van der Waals surface area contributed by atoms with Crippen LogP contribution in [0.3, 0.4) is 0 Å². The number of ether oxygens (including phenoxy) is 1. The van der Waals surface area contributed by atoms with Crippen LogP contribution in [0.4, 0.5) is 5.69 Å². The number of nitrogens with one attached hydrogen (secondary N) is 1. The molecule has 164 valence electrons. The van der Waals surface area contributed by atoms with E-state index < -0.39 is 10.0 Å². The molecule has 30 heavy (non-hydrogen) atoms. The van der Waals surface area contributed by atoms with Gasteiger partial charge < -0.3 is 10.1 Å². The number of carbonyl (C=O) groups excluding carboxylic acids is 1. The van der Waals surface area contributed by atoms with E-state index in [0.717, 1.165) is 29.6 Å². The van der Waals surface area contributed by atoms with Crippen LogP contribution in [0.5, 0.6) is 5.75 Å². The minimum atomic E-state index is -3.48. The third-order valence-corrected chi connectivity index (χ3v) is 6.26. The number of rotatable bonds is 10. The maximum absolute atomic E-state index is 12.5. The normalized spacial score (nSPS) is 12.3. The first-order chi connectivity index (χ1) is 14.2. The highest BCUT2D eigenvalue weighted by molar-refractivity contribution is 7.92. The lowest BCUT2D eigenvalue weighted by Crippen LogP contribution is -2.33. The second kappa shape index (κ2) is 10.7. The van der Waals surface area contributed by atoms with Crippen molar-refractivity contribution in [1.82, 2.24) is 5.32 Å². The molecule has 0 heterocycles. The van der Waals surface area contributed by atoms with E-state index in [2.05, 4.69) is 5.32 Å². The molecule has 0 bridgehead atoms. The Morgan fingerprint density at radius 3 is 2.53 bits per heavy atom. The van der Waals surface area contributed by atoms with Crippen LogP contribution in [-0.2, 0) is 14.8 Å². The summed E-state index contributed by atoms with van der Waals surface area (Å²) >= 11 is 5.99. The molecule has 0 aliphatic heterocycles. The number of methoxy groups -OCH3 is 1. The lowest BCUT2D eigenvalue weighted by Gasteiger charge is -2.23. The van der Waals surface area contributed by atoms with Crippen molar-refractivity contribution in [2.45, 2.75) is 39.2 Å². The van der Waals surface area contributed by atoms with Crippen LogP contribution in [0.15, 0.2) is 42.5 Å². The molecular weight excluding hydrogens is 424 g/mol. The number of benzene rings is 2. The molecule has 0 radical (unpaired) electrons. The number of sulfonamides is 1. The quantitative estimate of drug-likeness (QED) is 0.577. The molecule has 0 spiro atoms. The number of hydrogen-bond acceptors (Lipinski definition) is 4. The summed E-state index contributed by atoms with van der Waals surface area (Å²) in [5, 5.41) is 3.50. The Hall–Kier alpha value is -2.25. The number of halogens is 1. The molecule has 8 heteroatoms. The largest absolute Gasteiger partial charge is 0.496 e. The van der Waals surface area contributed by atoms with Gasteiger partial charge in [0, 0.05) is 18.0 Å². The number of anilines is 1. The second-order valence-corrected chi connectivity index (χ2v) is 9.52. The van der Waals surface area contributed by atoms with Crippen LogP contribution in [0, 0.1) is 6.92 Å². The third-order valence-electron chi connectivity index (χ3n) is 4.83. The molecule has 0 aliphatic rings. The van der Waals surface area contributed by atoms with Crippen molar-refractivity contribution < 1.29 is 17.9 Å². The fraction of sp³-hybridized carbons (Fsp3) is 0.409. The van der Waals surface area contributed by atoms with Crippen LogP contribution in [0.2, 0.25) is 5.02 Å². The van der Waals surface area contributed by atoms with Gasteiger partial charge in [0.05, 0.1) is 25.1 Å². The van der Waals surface area contributed by atoms with Crippen LogP contribution >= 0.6 is 11.6 Å². The van der Waals surface area contributed by atoms with Gasteiger partial charge in [0.15, 0.2) is 0 Å². The number of nitrogens with zero attached hydrogens (tertiary/aromatic N) is 1. The van der Waals surface area contributed by atoms with E-state index in [1.54, 1.807) is 31.4 Å². The summed E-state index contributed by atoms with van der Waals surface area (Å²) in [4.78, 5) is 12.5. The zero-order chi connectivity index (χ0) is 22.3. The molecule has 0 unspecified atom stereocenters. The smallest absolute Gasteiger partial charge is 0.232 e. The van der Waals surface area contributed by atoms with E-state index in [4.69, 9.17) is 16.3 Å². The first kappa shape index (κ1) is 24.0. The third kappa shape index (κ3) is 6.64. The zero-order valence-corrected chi connectivity index (χ0v) is 19.4. The van der Waals surface area contributed by atoms with E-state index in [0.29, 0.717) is 17.1 Å². The fourth-order valence-corrected chi connectivity index (χ4v) is 4.45. The minimum Gasteiger partial charge on any atom is -0.496 e. The summed E-state index contributed by atoms with van der Waals surface area (Å²) in [7, 11) is -1.85. The molecule has 2 aromatic rings. The SMILES string of the molecule is CC[C@H](NC(=O)CCCN(c1cccc(Cl)c1)S(C)(=O)=O)c1ccc(OC)c(C)c1. The molecule has 1 atom stereocenters. The van der Waals surface area contributed by atoms with Crippen LogP contribution < -0.4 is 14.4 Å². The van der Waals surface area contributed by atoms with Gasteiger partial charge in [-0.05, 0) is 55.2 Å². The van der Waals surface area contributed by atoms with Crippen LogP contribution in [-0.4, -0.2) is 34.2 Å². The van der Waals surface area contributed by atoms with Gasteiger partial charge in [-0.15, -0.1) is 0 Å². The van der Waals surface area contributed by atoms with E-state index in [1.165, 1.54) is 4.31 Å². The molecule has 0 aliphatic carbocycles. The van der Waals surface area contributed by atoms with Crippen LogP contribution in [0.1, 0.15) is 43.4 Å². The highest BCUT2D eigenvalue weighted by atomic mass is 35.5. The van der Waals surface area contributed by atoms with Gasteiger partial charge >= 0.3 is 0 Å². The van der Waals surface area contributed by atoms with Crippen molar-refractivity contribution >= 4 is 33.2 Å². The van der Waals surface area contributed by atoms with E-state index >= 15 is 0 Å². The summed E-state index contributed by atoms with van der Waals surface area (Å²) in [6.07, 6.45) is 2.50.